The van der Waals surface area contributed by atoms with Crippen molar-refractivity contribution in [3.63, 3.8) is 0 Å². The molecule has 7 heteroatoms. The van der Waals surface area contributed by atoms with Gasteiger partial charge in [0.1, 0.15) is 5.82 Å². The molecule has 19 heavy (non-hydrogen) atoms. The lowest BCUT2D eigenvalue weighted by atomic mass is 10.2. The van der Waals surface area contributed by atoms with Gasteiger partial charge in [-0.05, 0) is 11.6 Å². The van der Waals surface area contributed by atoms with Gasteiger partial charge in [-0.1, -0.05) is 0 Å². The van der Waals surface area contributed by atoms with E-state index in [0.717, 1.165) is 6.07 Å². The predicted octanol–water partition coefficient (Wildman–Crippen LogP) is 1.24. The van der Waals surface area contributed by atoms with E-state index < -0.39 is 10.7 Å². The Morgan fingerprint density at radius 3 is 2.95 bits per heavy atom. The quantitative estimate of drug-likeness (QED) is 0.643. The van der Waals surface area contributed by atoms with Crippen LogP contribution in [0.4, 0.5) is 10.1 Å². The monoisotopic (exact) mass is 270 g/mol. The molecule has 0 bridgehead atoms. The van der Waals surface area contributed by atoms with Gasteiger partial charge in [-0.15, -0.1) is 0 Å². The summed E-state index contributed by atoms with van der Waals surface area (Å²) in [5, 5.41) is 13.7. The van der Waals surface area contributed by atoms with Gasteiger partial charge < -0.3 is 14.8 Å². The topological polar surface area (TPSA) is 73.6 Å². The van der Waals surface area contributed by atoms with Crippen molar-refractivity contribution >= 4 is 5.69 Å². The summed E-state index contributed by atoms with van der Waals surface area (Å²) in [6, 6.07) is 3.54. The summed E-state index contributed by atoms with van der Waals surface area (Å²) in [6.45, 7) is 2.60. The summed E-state index contributed by atoms with van der Waals surface area (Å²) in [5.74, 6) is -0.608. The number of hydrogen-bond acceptors (Lipinski definition) is 5. The molecule has 2 rings (SSSR count). The van der Waals surface area contributed by atoms with E-state index in [-0.39, 0.29) is 11.8 Å². The minimum absolute atomic E-state index is 0.0303. The first-order valence-corrected chi connectivity index (χ1v) is 5.99. The summed E-state index contributed by atoms with van der Waals surface area (Å²) >= 11 is 0. The van der Waals surface area contributed by atoms with Gasteiger partial charge in [-0.2, -0.15) is 0 Å². The molecule has 1 fully saturated rings. The Morgan fingerprint density at radius 1 is 1.42 bits per heavy atom. The number of rotatable bonds is 5. The molecule has 0 spiro atoms. The zero-order valence-electron chi connectivity index (χ0n) is 10.3. The van der Waals surface area contributed by atoms with Gasteiger partial charge in [-0.3, -0.25) is 10.1 Å². The van der Waals surface area contributed by atoms with Crippen molar-refractivity contribution in [3.05, 3.63) is 39.7 Å². The third-order valence-corrected chi connectivity index (χ3v) is 2.74. The highest BCUT2D eigenvalue weighted by molar-refractivity contribution is 5.35. The molecule has 0 aliphatic carbocycles. The number of hydrogen-bond donors (Lipinski definition) is 1. The van der Waals surface area contributed by atoms with Crippen molar-refractivity contribution in [2.24, 2.45) is 0 Å². The average Bonchev–Trinajstić information content (AvgIpc) is 2.39. The normalized spacial score (nSPS) is 19.3. The molecule has 104 valence electrons. The molecule has 1 unspecified atom stereocenters. The Balaban J connectivity index is 1.86. The van der Waals surface area contributed by atoms with Crippen LogP contribution in [0.3, 0.4) is 0 Å². The van der Waals surface area contributed by atoms with Crippen LogP contribution in [0.1, 0.15) is 5.56 Å². The third kappa shape index (κ3) is 4.23. The Bertz CT molecular complexity index is 449. The molecule has 0 aromatic heterocycles. The number of non-ortho nitro benzene ring substituents is 1. The predicted molar refractivity (Wildman–Crippen MR) is 65.3 cm³/mol. The highest BCUT2D eigenvalue weighted by atomic mass is 19.1. The molecule has 0 radical (unpaired) electrons. The minimum atomic E-state index is -0.608. The summed E-state index contributed by atoms with van der Waals surface area (Å²) in [4.78, 5) is 10.0. The summed E-state index contributed by atoms with van der Waals surface area (Å²) in [6.07, 6.45) is -0.0303. The fourth-order valence-electron chi connectivity index (χ4n) is 1.87. The van der Waals surface area contributed by atoms with Crippen molar-refractivity contribution in [1.29, 1.82) is 0 Å². The van der Waals surface area contributed by atoms with Crippen LogP contribution in [-0.2, 0) is 16.0 Å². The minimum Gasteiger partial charge on any atom is -0.376 e. The molecule has 0 amide bonds. The Kier molecular flexibility index (Phi) is 4.78. The molecule has 1 atom stereocenters. The smallest absolute Gasteiger partial charge is 0.272 e. The lowest BCUT2D eigenvalue weighted by molar-refractivity contribution is -0.385. The maximum absolute atomic E-state index is 13.2. The van der Waals surface area contributed by atoms with E-state index in [2.05, 4.69) is 5.32 Å². The fraction of sp³-hybridized carbons (Fsp3) is 0.500. The van der Waals surface area contributed by atoms with E-state index in [1.54, 1.807) is 0 Å². The highest BCUT2D eigenvalue weighted by Crippen LogP contribution is 2.16. The van der Waals surface area contributed by atoms with Crippen molar-refractivity contribution < 1.29 is 18.8 Å². The standard InChI is InChI=1S/C12H15FN2O4/c13-10-3-9(4-11(5-10)15(16)17)6-14-7-12-8-18-1-2-19-12/h3-5,12,14H,1-2,6-8H2. The maximum atomic E-state index is 13.2. The number of benzene rings is 1. The zero-order valence-corrected chi connectivity index (χ0v) is 10.3. The first-order valence-electron chi connectivity index (χ1n) is 5.99. The summed E-state index contributed by atoms with van der Waals surface area (Å²) in [7, 11) is 0. The van der Waals surface area contributed by atoms with Crippen molar-refractivity contribution in [3.8, 4) is 0 Å². The number of nitrogens with zero attached hydrogens (tertiary/aromatic N) is 1. The van der Waals surface area contributed by atoms with Crippen LogP contribution in [0.2, 0.25) is 0 Å². The molecular weight excluding hydrogens is 255 g/mol. The van der Waals surface area contributed by atoms with Crippen LogP contribution in [0.25, 0.3) is 0 Å². The van der Waals surface area contributed by atoms with Crippen molar-refractivity contribution in [2.75, 3.05) is 26.4 Å². The van der Waals surface area contributed by atoms with Crippen LogP contribution in [0.15, 0.2) is 18.2 Å². The number of halogens is 1. The van der Waals surface area contributed by atoms with E-state index in [4.69, 9.17) is 9.47 Å². The van der Waals surface area contributed by atoms with Crippen molar-refractivity contribution in [2.45, 2.75) is 12.6 Å². The van der Waals surface area contributed by atoms with E-state index in [9.17, 15) is 14.5 Å². The molecular formula is C12H15FN2O4. The van der Waals surface area contributed by atoms with E-state index >= 15 is 0 Å². The molecule has 1 heterocycles. The van der Waals surface area contributed by atoms with Gasteiger partial charge in [0, 0.05) is 19.2 Å². The first kappa shape index (κ1) is 13.9. The lowest BCUT2D eigenvalue weighted by Gasteiger charge is -2.23. The summed E-state index contributed by atoms with van der Waals surface area (Å²) < 4.78 is 23.9. The SMILES string of the molecule is O=[N+]([O-])c1cc(F)cc(CNCC2COCCO2)c1. The second-order valence-corrected chi connectivity index (χ2v) is 4.27. The van der Waals surface area contributed by atoms with E-state index in [0.29, 0.717) is 38.5 Å². The van der Waals surface area contributed by atoms with Crippen LogP contribution in [-0.4, -0.2) is 37.4 Å². The third-order valence-electron chi connectivity index (χ3n) is 2.74. The number of nitro benzene ring substituents is 1. The molecule has 1 N–H and O–H groups in total. The van der Waals surface area contributed by atoms with Crippen molar-refractivity contribution in [1.82, 2.24) is 5.32 Å². The molecule has 1 aliphatic rings. The van der Waals surface area contributed by atoms with Gasteiger partial charge >= 0.3 is 0 Å². The molecule has 0 saturated carbocycles. The second kappa shape index (κ2) is 6.55. The largest absolute Gasteiger partial charge is 0.376 e. The van der Waals surface area contributed by atoms with Crippen LogP contribution in [0.5, 0.6) is 0 Å². The number of nitro groups is 1. The molecule has 1 saturated heterocycles. The molecule has 1 aromatic rings. The molecule has 6 nitrogen and oxygen atoms in total. The van der Waals surface area contributed by atoms with Crippen LogP contribution < -0.4 is 5.32 Å². The van der Waals surface area contributed by atoms with Gasteiger partial charge in [0.15, 0.2) is 0 Å². The lowest BCUT2D eigenvalue weighted by Crippen LogP contribution is -2.37. The number of ether oxygens (including phenoxy) is 2. The fourth-order valence-corrected chi connectivity index (χ4v) is 1.87. The molecule has 1 aromatic carbocycles. The van der Waals surface area contributed by atoms with Gasteiger partial charge in [0.05, 0.1) is 36.9 Å². The van der Waals surface area contributed by atoms with Gasteiger partial charge in [-0.25, -0.2) is 4.39 Å². The Labute approximate surface area is 109 Å². The van der Waals surface area contributed by atoms with E-state index in [1.807, 2.05) is 0 Å². The van der Waals surface area contributed by atoms with Crippen LogP contribution >= 0.6 is 0 Å². The molecule has 1 aliphatic heterocycles. The Hall–Kier alpha value is -1.57. The Morgan fingerprint density at radius 2 is 2.26 bits per heavy atom. The number of nitrogens with one attached hydrogen (secondary N) is 1. The van der Waals surface area contributed by atoms with Crippen LogP contribution in [0, 0.1) is 15.9 Å². The van der Waals surface area contributed by atoms with Gasteiger partial charge in [0.25, 0.3) is 5.69 Å². The summed E-state index contributed by atoms with van der Waals surface area (Å²) in [5.41, 5.74) is 0.289. The first-order chi connectivity index (χ1) is 9.15. The van der Waals surface area contributed by atoms with E-state index in [1.165, 1.54) is 12.1 Å². The second-order valence-electron chi connectivity index (χ2n) is 4.27. The van der Waals surface area contributed by atoms with Gasteiger partial charge in [0.2, 0.25) is 0 Å². The zero-order chi connectivity index (χ0) is 13.7. The maximum Gasteiger partial charge on any atom is 0.272 e. The average molecular weight is 270 g/mol. The highest BCUT2D eigenvalue weighted by Gasteiger charge is 2.14.